The zero-order valence-corrected chi connectivity index (χ0v) is 14.5. The van der Waals surface area contributed by atoms with Crippen LogP contribution in [0.3, 0.4) is 0 Å². The van der Waals surface area contributed by atoms with Crippen LogP contribution in [-0.4, -0.2) is 52.7 Å². The van der Waals surface area contributed by atoms with E-state index in [9.17, 15) is 4.79 Å². The summed E-state index contributed by atoms with van der Waals surface area (Å²) in [6.07, 6.45) is 10.6. The summed E-state index contributed by atoms with van der Waals surface area (Å²) in [5.74, 6) is 1.51. The summed E-state index contributed by atoms with van der Waals surface area (Å²) >= 11 is 0. The van der Waals surface area contributed by atoms with E-state index in [1.165, 1.54) is 19.3 Å². The maximum absolute atomic E-state index is 12.6. The van der Waals surface area contributed by atoms with Crippen LogP contribution in [0.1, 0.15) is 57.2 Å². The quantitative estimate of drug-likeness (QED) is 0.890. The zero-order valence-electron chi connectivity index (χ0n) is 14.5. The van der Waals surface area contributed by atoms with E-state index >= 15 is 0 Å². The van der Waals surface area contributed by atoms with Gasteiger partial charge >= 0.3 is 6.03 Å². The van der Waals surface area contributed by atoms with Gasteiger partial charge in [-0.05, 0) is 39.0 Å². The highest BCUT2D eigenvalue weighted by molar-refractivity contribution is 5.75. The van der Waals surface area contributed by atoms with Crippen LogP contribution in [0.4, 0.5) is 4.79 Å². The summed E-state index contributed by atoms with van der Waals surface area (Å²) in [5.41, 5.74) is 0.234. The lowest BCUT2D eigenvalue weighted by molar-refractivity contribution is -0.170. The normalized spacial score (nSPS) is 29.1. The SMILES string of the molecule is CCOC1CC(NC(=O)N2CCC(c3ncc[nH]3)CC2)C12CCC2. The van der Waals surface area contributed by atoms with Crippen molar-refractivity contribution in [2.45, 2.75) is 63.5 Å². The second-order valence-electron chi connectivity index (χ2n) is 7.50. The molecule has 1 saturated heterocycles. The first kappa shape index (κ1) is 15.9. The summed E-state index contributed by atoms with van der Waals surface area (Å²) in [6, 6.07) is 0.414. The van der Waals surface area contributed by atoms with Gasteiger partial charge in [0.2, 0.25) is 0 Å². The molecule has 1 spiro atoms. The number of rotatable bonds is 4. The number of hydrogen-bond donors (Lipinski definition) is 2. The molecule has 132 valence electrons. The molecule has 2 heterocycles. The monoisotopic (exact) mass is 332 g/mol. The van der Waals surface area contributed by atoms with Crippen molar-refractivity contribution >= 4 is 6.03 Å². The minimum absolute atomic E-state index is 0.110. The Hall–Kier alpha value is -1.56. The van der Waals surface area contributed by atoms with Crippen molar-refractivity contribution in [3.05, 3.63) is 18.2 Å². The number of carbonyl (C=O) groups is 1. The summed E-state index contributed by atoms with van der Waals surface area (Å²) in [7, 11) is 0. The molecule has 2 aliphatic carbocycles. The van der Waals surface area contributed by atoms with Gasteiger partial charge < -0.3 is 19.9 Å². The van der Waals surface area contributed by atoms with Crippen LogP contribution in [0, 0.1) is 5.41 Å². The first-order valence-corrected chi connectivity index (χ1v) is 9.39. The minimum Gasteiger partial charge on any atom is -0.378 e. The number of nitrogens with one attached hydrogen (secondary N) is 2. The van der Waals surface area contributed by atoms with Crippen molar-refractivity contribution in [1.82, 2.24) is 20.2 Å². The Morgan fingerprint density at radius 1 is 1.46 bits per heavy atom. The fourth-order valence-electron chi connectivity index (χ4n) is 4.74. The number of nitrogens with zero attached hydrogens (tertiary/aromatic N) is 2. The second-order valence-corrected chi connectivity index (χ2v) is 7.50. The first-order valence-electron chi connectivity index (χ1n) is 9.39. The van der Waals surface area contributed by atoms with Gasteiger partial charge in [-0.3, -0.25) is 0 Å². The highest BCUT2D eigenvalue weighted by atomic mass is 16.5. The van der Waals surface area contributed by atoms with E-state index in [0.29, 0.717) is 18.1 Å². The molecule has 2 saturated carbocycles. The van der Waals surface area contributed by atoms with E-state index in [1.807, 2.05) is 11.1 Å². The Balaban J connectivity index is 1.28. The summed E-state index contributed by atoms with van der Waals surface area (Å²) < 4.78 is 5.87. The van der Waals surface area contributed by atoms with Crippen molar-refractivity contribution in [3.8, 4) is 0 Å². The van der Waals surface area contributed by atoms with Crippen LogP contribution < -0.4 is 5.32 Å². The van der Waals surface area contributed by atoms with Crippen molar-refractivity contribution in [3.63, 3.8) is 0 Å². The van der Waals surface area contributed by atoms with E-state index in [0.717, 1.165) is 44.8 Å². The maximum Gasteiger partial charge on any atom is 0.317 e. The molecule has 1 aromatic heterocycles. The molecule has 1 aliphatic heterocycles. The van der Waals surface area contributed by atoms with E-state index in [4.69, 9.17) is 4.74 Å². The van der Waals surface area contributed by atoms with Gasteiger partial charge in [-0.2, -0.15) is 0 Å². The number of ether oxygens (including phenoxy) is 1. The van der Waals surface area contributed by atoms with Crippen molar-refractivity contribution in [1.29, 1.82) is 0 Å². The zero-order chi connectivity index (χ0) is 16.6. The molecule has 6 nitrogen and oxygen atoms in total. The molecule has 0 bridgehead atoms. The Morgan fingerprint density at radius 3 is 2.83 bits per heavy atom. The molecule has 3 fully saturated rings. The first-order chi connectivity index (χ1) is 11.7. The van der Waals surface area contributed by atoms with Crippen LogP contribution in [0.25, 0.3) is 0 Å². The number of likely N-dealkylation sites (tertiary alicyclic amines) is 1. The van der Waals surface area contributed by atoms with Crippen LogP contribution in [0.15, 0.2) is 12.4 Å². The molecule has 6 heteroatoms. The van der Waals surface area contributed by atoms with E-state index < -0.39 is 0 Å². The van der Waals surface area contributed by atoms with E-state index in [-0.39, 0.29) is 11.4 Å². The topological polar surface area (TPSA) is 70.2 Å². The molecule has 2 amide bonds. The van der Waals surface area contributed by atoms with Gasteiger partial charge in [-0.25, -0.2) is 9.78 Å². The third-order valence-electron chi connectivity index (χ3n) is 6.42. The lowest BCUT2D eigenvalue weighted by Gasteiger charge is -2.61. The summed E-state index contributed by atoms with van der Waals surface area (Å²) in [6.45, 7) is 4.45. The Labute approximate surface area is 143 Å². The third kappa shape index (κ3) is 2.61. The molecule has 2 atom stereocenters. The molecule has 0 aromatic carbocycles. The lowest BCUT2D eigenvalue weighted by Crippen LogP contribution is -2.68. The number of piperidine rings is 1. The van der Waals surface area contributed by atoms with E-state index in [2.05, 4.69) is 22.2 Å². The van der Waals surface area contributed by atoms with E-state index in [1.54, 1.807) is 6.20 Å². The smallest absolute Gasteiger partial charge is 0.317 e. The summed E-state index contributed by atoms with van der Waals surface area (Å²) in [4.78, 5) is 22.2. The maximum atomic E-state index is 12.6. The number of H-pyrrole nitrogens is 1. The van der Waals surface area contributed by atoms with Gasteiger partial charge in [-0.15, -0.1) is 0 Å². The van der Waals surface area contributed by atoms with Crippen molar-refractivity contribution in [2.24, 2.45) is 5.41 Å². The average molecular weight is 332 g/mol. The Bertz CT molecular complexity index is 562. The van der Waals surface area contributed by atoms with Crippen LogP contribution in [-0.2, 0) is 4.74 Å². The largest absolute Gasteiger partial charge is 0.378 e. The number of aromatic nitrogens is 2. The molecular formula is C18H28N4O2. The number of aromatic amines is 1. The van der Waals surface area contributed by atoms with Gasteiger partial charge in [0, 0.05) is 49.5 Å². The number of urea groups is 1. The Kier molecular flexibility index (Phi) is 4.24. The number of amides is 2. The molecule has 3 aliphatic rings. The van der Waals surface area contributed by atoms with Gasteiger partial charge in [0.05, 0.1) is 6.10 Å². The molecule has 2 unspecified atom stereocenters. The molecular weight excluding hydrogens is 304 g/mol. The van der Waals surface area contributed by atoms with Crippen LogP contribution >= 0.6 is 0 Å². The van der Waals surface area contributed by atoms with Gasteiger partial charge in [0.25, 0.3) is 0 Å². The predicted octanol–water partition coefficient (Wildman–Crippen LogP) is 2.65. The highest BCUT2D eigenvalue weighted by Crippen LogP contribution is 2.57. The standard InChI is InChI=1S/C18H28N4O2/c1-2-24-15-12-14(18(15)6-3-7-18)21-17(23)22-10-4-13(5-11-22)16-19-8-9-20-16/h8-9,13-15H,2-7,10-12H2,1H3,(H,19,20)(H,21,23). The molecule has 2 N–H and O–H groups in total. The fraction of sp³-hybridized carbons (Fsp3) is 0.778. The van der Waals surface area contributed by atoms with Crippen LogP contribution in [0.5, 0.6) is 0 Å². The predicted molar refractivity (Wildman–Crippen MR) is 90.8 cm³/mol. The van der Waals surface area contributed by atoms with Crippen molar-refractivity contribution < 1.29 is 9.53 Å². The number of hydrogen-bond acceptors (Lipinski definition) is 3. The highest BCUT2D eigenvalue weighted by Gasteiger charge is 2.59. The number of carbonyl (C=O) groups excluding carboxylic acids is 1. The molecule has 24 heavy (non-hydrogen) atoms. The molecule has 4 rings (SSSR count). The fourth-order valence-corrected chi connectivity index (χ4v) is 4.74. The summed E-state index contributed by atoms with van der Waals surface area (Å²) in [5, 5.41) is 3.30. The van der Waals surface area contributed by atoms with Gasteiger partial charge in [0.1, 0.15) is 5.82 Å². The van der Waals surface area contributed by atoms with Crippen LogP contribution in [0.2, 0.25) is 0 Å². The third-order valence-corrected chi connectivity index (χ3v) is 6.42. The Morgan fingerprint density at radius 2 is 2.25 bits per heavy atom. The second kappa shape index (κ2) is 6.39. The minimum atomic E-state index is 0.110. The van der Waals surface area contributed by atoms with Crippen molar-refractivity contribution in [2.75, 3.05) is 19.7 Å². The number of imidazole rings is 1. The molecule has 0 radical (unpaired) electrons. The lowest BCUT2D eigenvalue weighted by atomic mass is 9.51. The average Bonchev–Trinajstić information content (AvgIpc) is 3.06. The van der Waals surface area contributed by atoms with Gasteiger partial charge in [-0.1, -0.05) is 6.42 Å². The molecule has 1 aromatic rings. The van der Waals surface area contributed by atoms with Gasteiger partial charge in [0.15, 0.2) is 0 Å².